The maximum Gasteiger partial charge on any atom is 0.338 e. The molecule has 0 radical (unpaired) electrons. The van der Waals surface area contributed by atoms with Crippen molar-refractivity contribution in [3.05, 3.63) is 65.4 Å². The lowest BCUT2D eigenvalue weighted by Gasteiger charge is -2.29. The quantitative estimate of drug-likeness (QED) is 0.269. The van der Waals surface area contributed by atoms with Crippen molar-refractivity contribution in [1.29, 1.82) is 0 Å². The number of ether oxygens (including phenoxy) is 3. The number of esters is 1. The third kappa shape index (κ3) is 4.50. The van der Waals surface area contributed by atoms with E-state index in [-0.39, 0.29) is 0 Å². The maximum atomic E-state index is 13.1. The fourth-order valence-corrected chi connectivity index (χ4v) is 5.66. The Kier molecular flexibility index (Phi) is 6.82. The van der Waals surface area contributed by atoms with Gasteiger partial charge in [-0.3, -0.25) is 0 Å². The summed E-state index contributed by atoms with van der Waals surface area (Å²) in [6.45, 7) is 0. The number of carbonyl (C=O) groups is 1. The third-order valence-electron chi connectivity index (χ3n) is 5.51. The molecule has 184 valence electrons. The van der Waals surface area contributed by atoms with Gasteiger partial charge in [-0.1, -0.05) is 58.5 Å². The molecule has 1 N–H and O–H groups in total. The molecule has 1 aliphatic rings. The molecule has 0 bridgehead atoms. The standard InChI is InChI=1S/C23H21N7O4S2/c1-32-14-9-10-15(17(11-14)33-2)19-18(21(31)34-3)16(24-22-26-28-29-30(19)22)12-35-23-27-25-20(36-23)13-7-5-4-6-8-13/h4-11,19H,12H2,1-3H3,(H,24,26,29). The molecule has 1 atom stereocenters. The number of methoxy groups -OCH3 is 3. The second-order valence-corrected chi connectivity index (χ2v) is 9.69. The maximum absolute atomic E-state index is 13.1. The number of nitrogens with one attached hydrogen (secondary N) is 1. The van der Waals surface area contributed by atoms with Crippen molar-refractivity contribution in [3.8, 4) is 22.1 Å². The van der Waals surface area contributed by atoms with Gasteiger partial charge in [0.1, 0.15) is 22.5 Å². The van der Waals surface area contributed by atoms with Gasteiger partial charge < -0.3 is 19.5 Å². The Bertz CT molecular complexity index is 1420. The summed E-state index contributed by atoms with van der Waals surface area (Å²) in [4.78, 5) is 13.1. The van der Waals surface area contributed by atoms with Crippen LogP contribution in [0.1, 0.15) is 11.6 Å². The van der Waals surface area contributed by atoms with E-state index in [1.54, 1.807) is 26.4 Å². The van der Waals surface area contributed by atoms with Crippen LogP contribution in [-0.2, 0) is 9.53 Å². The Hall–Kier alpha value is -3.97. The largest absolute Gasteiger partial charge is 0.497 e. The van der Waals surface area contributed by atoms with Gasteiger partial charge in [0, 0.05) is 28.6 Å². The summed E-state index contributed by atoms with van der Waals surface area (Å²) in [7, 11) is 4.47. The zero-order valence-electron chi connectivity index (χ0n) is 19.5. The highest BCUT2D eigenvalue weighted by Gasteiger charge is 2.37. The highest BCUT2D eigenvalue weighted by atomic mass is 32.2. The second-order valence-electron chi connectivity index (χ2n) is 7.49. The van der Waals surface area contributed by atoms with Crippen LogP contribution in [0.2, 0.25) is 0 Å². The lowest BCUT2D eigenvalue weighted by atomic mass is 9.95. The molecule has 1 aliphatic heterocycles. The number of anilines is 1. The normalized spacial score (nSPS) is 14.7. The van der Waals surface area contributed by atoms with E-state index in [1.165, 1.54) is 34.9 Å². The van der Waals surface area contributed by atoms with Crippen molar-refractivity contribution in [3.63, 3.8) is 0 Å². The highest BCUT2D eigenvalue weighted by molar-refractivity contribution is 8.01. The van der Waals surface area contributed by atoms with Crippen LogP contribution in [0, 0.1) is 0 Å². The molecule has 1 unspecified atom stereocenters. The number of carbonyl (C=O) groups excluding carboxylic acids is 1. The van der Waals surface area contributed by atoms with Crippen LogP contribution >= 0.6 is 23.1 Å². The van der Waals surface area contributed by atoms with E-state index in [9.17, 15) is 4.79 Å². The van der Waals surface area contributed by atoms with Crippen molar-refractivity contribution in [2.75, 3.05) is 32.4 Å². The van der Waals surface area contributed by atoms with Gasteiger partial charge in [-0.25, -0.2) is 4.79 Å². The van der Waals surface area contributed by atoms with Gasteiger partial charge in [-0.05, 0) is 22.6 Å². The molecule has 0 amide bonds. The molecular formula is C23H21N7O4S2. The van der Waals surface area contributed by atoms with E-state index < -0.39 is 12.0 Å². The van der Waals surface area contributed by atoms with Crippen molar-refractivity contribution >= 4 is 35.0 Å². The van der Waals surface area contributed by atoms with Crippen LogP contribution in [-0.4, -0.2) is 63.5 Å². The van der Waals surface area contributed by atoms with Gasteiger partial charge in [0.25, 0.3) is 0 Å². The number of rotatable bonds is 8. The molecule has 0 spiro atoms. The van der Waals surface area contributed by atoms with E-state index in [4.69, 9.17) is 14.2 Å². The van der Waals surface area contributed by atoms with Crippen molar-refractivity contribution in [2.45, 2.75) is 10.4 Å². The minimum atomic E-state index is -0.686. The van der Waals surface area contributed by atoms with E-state index in [1.807, 2.05) is 36.4 Å². The van der Waals surface area contributed by atoms with E-state index in [0.717, 1.165) is 14.9 Å². The summed E-state index contributed by atoms with van der Waals surface area (Å²) in [5.74, 6) is 1.40. The average Bonchev–Trinajstić information content (AvgIpc) is 3.60. The number of tetrazole rings is 1. The first kappa shape index (κ1) is 23.8. The first-order chi connectivity index (χ1) is 17.6. The minimum absolute atomic E-state index is 0.362. The molecule has 3 heterocycles. The van der Waals surface area contributed by atoms with Crippen LogP contribution < -0.4 is 14.8 Å². The predicted molar refractivity (Wildman–Crippen MR) is 134 cm³/mol. The van der Waals surface area contributed by atoms with Crippen molar-refractivity contribution in [1.82, 2.24) is 30.4 Å². The Balaban J connectivity index is 1.52. The number of thioether (sulfide) groups is 1. The van der Waals surface area contributed by atoms with Crippen LogP contribution in [0.3, 0.4) is 0 Å². The number of hydrogen-bond acceptors (Lipinski definition) is 12. The molecule has 11 nitrogen and oxygen atoms in total. The Morgan fingerprint density at radius 2 is 1.92 bits per heavy atom. The molecule has 4 aromatic rings. The fourth-order valence-electron chi connectivity index (χ4n) is 3.83. The Labute approximate surface area is 214 Å². The fraction of sp³-hybridized carbons (Fsp3) is 0.217. The van der Waals surface area contributed by atoms with Gasteiger partial charge in [-0.15, -0.1) is 10.2 Å². The summed E-state index contributed by atoms with van der Waals surface area (Å²) in [5, 5.41) is 24.7. The minimum Gasteiger partial charge on any atom is -0.497 e. The summed E-state index contributed by atoms with van der Waals surface area (Å²) >= 11 is 2.93. The molecule has 13 heteroatoms. The SMILES string of the molecule is COC(=O)C1=C(CSc2nnc(-c3ccccc3)s2)Nc2nnnn2C1c1ccc(OC)cc1OC. The molecule has 0 fully saturated rings. The van der Waals surface area contributed by atoms with Crippen LogP contribution in [0.5, 0.6) is 11.5 Å². The van der Waals surface area contributed by atoms with E-state index in [2.05, 4.69) is 31.0 Å². The number of hydrogen-bond donors (Lipinski definition) is 1. The molecule has 2 aromatic heterocycles. The van der Waals surface area contributed by atoms with Crippen molar-refractivity contribution in [2.24, 2.45) is 0 Å². The number of benzene rings is 2. The summed E-state index contributed by atoms with van der Waals surface area (Å²) in [6, 6.07) is 14.5. The summed E-state index contributed by atoms with van der Waals surface area (Å²) in [5.41, 5.74) is 2.64. The summed E-state index contributed by atoms with van der Waals surface area (Å²) in [6.07, 6.45) is 0. The number of aromatic nitrogens is 6. The number of fused-ring (bicyclic) bond motifs is 1. The molecule has 36 heavy (non-hydrogen) atoms. The highest BCUT2D eigenvalue weighted by Crippen LogP contribution is 2.41. The number of nitrogens with zero attached hydrogens (tertiary/aromatic N) is 6. The van der Waals surface area contributed by atoms with Crippen LogP contribution in [0.4, 0.5) is 5.95 Å². The molecule has 0 saturated carbocycles. The molecule has 0 aliphatic carbocycles. The lowest BCUT2D eigenvalue weighted by Crippen LogP contribution is -2.31. The lowest BCUT2D eigenvalue weighted by molar-refractivity contribution is -0.136. The molecule has 5 rings (SSSR count). The smallest absolute Gasteiger partial charge is 0.338 e. The third-order valence-corrected chi connectivity index (χ3v) is 7.64. The van der Waals surface area contributed by atoms with Gasteiger partial charge in [0.15, 0.2) is 4.34 Å². The van der Waals surface area contributed by atoms with E-state index >= 15 is 0 Å². The Morgan fingerprint density at radius 3 is 2.67 bits per heavy atom. The average molecular weight is 524 g/mol. The van der Waals surface area contributed by atoms with Crippen LogP contribution in [0.25, 0.3) is 10.6 Å². The Morgan fingerprint density at radius 1 is 1.08 bits per heavy atom. The van der Waals surface area contributed by atoms with Crippen LogP contribution in [0.15, 0.2) is 64.1 Å². The van der Waals surface area contributed by atoms with Gasteiger partial charge in [-0.2, -0.15) is 4.68 Å². The zero-order chi connectivity index (χ0) is 25.1. The molecular weight excluding hydrogens is 502 g/mol. The predicted octanol–water partition coefficient (Wildman–Crippen LogP) is 3.44. The summed E-state index contributed by atoms with van der Waals surface area (Å²) < 4.78 is 18.4. The monoisotopic (exact) mass is 523 g/mol. The first-order valence-electron chi connectivity index (χ1n) is 10.7. The molecule has 2 aromatic carbocycles. The van der Waals surface area contributed by atoms with Gasteiger partial charge in [0.05, 0.1) is 26.9 Å². The van der Waals surface area contributed by atoms with Gasteiger partial charge in [0.2, 0.25) is 5.95 Å². The van der Waals surface area contributed by atoms with E-state index in [0.29, 0.717) is 40.0 Å². The zero-order valence-corrected chi connectivity index (χ0v) is 21.2. The second kappa shape index (κ2) is 10.3. The first-order valence-corrected chi connectivity index (χ1v) is 12.5. The van der Waals surface area contributed by atoms with Gasteiger partial charge >= 0.3 is 5.97 Å². The van der Waals surface area contributed by atoms with Crippen molar-refractivity contribution < 1.29 is 19.0 Å². The topological polar surface area (TPSA) is 126 Å². The molecule has 0 saturated heterocycles.